The molecule has 0 aliphatic rings. The number of carboxylic acid groups (broad SMARTS) is 2. The number of rotatable bonds is 4. The minimum atomic E-state index is -1.43. The number of hydrogen-bond donors (Lipinski definition) is 0. The molecule has 0 saturated heterocycles. The monoisotopic (exact) mass is 230 g/mol. The van der Waals surface area contributed by atoms with E-state index in [0.717, 1.165) is 0 Å². The van der Waals surface area contributed by atoms with Crippen molar-refractivity contribution in [2.24, 2.45) is 5.92 Å². The first-order chi connectivity index (χ1) is 5.91. The maximum Gasteiger partial charge on any atom is 1.00 e. The first-order valence-electron chi connectivity index (χ1n) is 4.07. The van der Waals surface area contributed by atoms with Crippen molar-refractivity contribution >= 4 is 11.9 Å². The topological polar surface area (TPSA) is 80.3 Å². The molecule has 0 aliphatic heterocycles. The Morgan fingerprint density at radius 2 is 1.47 bits per heavy atom. The van der Waals surface area contributed by atoms with Gasteiger partial charge in [-0.15, -0.1) is 0 Å². The van der Waals surface area contributed by atoms with E-state index in [4.69, 9.17) is 0 Å². The summed E-state index contributed by atoms with van der Waals surface area (Å²) in [6.07, 6.45) is 0.129. The molecule has 0 aromatic heterocycles. The normalized spacial score (nSPS) is 10.9. The van der Waals surface area contributed by atoms with Crippen molar-refractivity contribution in [1.29, 1.82) is 0 Å². The predicted molar refractivity (Wildman–Crippen MR) is 42.2 cm³/mol. The summed E-state index contributed by atoms with van der Waals surface area (Å²) in [6.45, 7) is 4.77. The average molecular weight is 230 g/mol. The summed E-state index contributed by atoms with van der Waals surface area (Å²) < 4.78 is 0. The van der Waals surface area contributed by atoms with Crippen LogP contribution in [0.1, 0.15) is 27.2 Å². The van der Waals surface area contributed by atoms with Crippen LogP contribution < -0.4 is 69.3 Å². The van der Waals surface area contributed by atoms with Gasteiger partial charge in [-0.05, 0) is 23.5 Å². The Labute approximate surface area is 134 Å². The quantitative estimate of drug-likeness (QED) is 0.355. The maximum absolute atomic E-state index is 10.6. The zero-order valence-corrected chi connectivity index (χ0v) is 13.9. The second-order valence-corrected chi connectivity index (χ2v) is 2.98. The Hall–Kier alpha value is 0.680. The first-order valence-corrected chi connectivity index (χ1v) is 4.07. The maximum atomic E-state index is 10.6. The van der Waals surface area contributed by atoms with Crippen molar-refractivity contribution in [3.8, 4) is 0 Å². The molecule has 0 radical (unpaired) electrons. The van der Waals surface area contributed by atoms with Gasteiger partial charge in [0.2, 0.25) is 0 Å². The van der Waals surface area contributed by atoms with Crippen LogP contribution in [0.3, 0.4) is 0 Å². The molecule has 0 aromatic carbocycles. The van der Waals surface area contributed by atoms with Gasteiger partial charge in [0.1, 0.15) is 0 Å². The van der Waals surface area contributed by atoms with Crippen molar-refractivity contribution < 1.29 is 78.9 Å². The fraction of sp³-hybridized carbons (Fsp3) is 0.556. The first kappa shape index (κ1) is 21.0. The SMILES string of the molecule is CC/C(C(=O)[O-])=C(/C(=O)[O-])C(C)C.[Na+].[Na+]. The molecule has 0 rings (SSSR count). The molecule has 0 aromatic rings. The van der Waals surface area contributed by atoms with Crippen LogP contribution in [0.4, 0.5) is 0 Å². The van der Waals surface area contributed by atoms with Gasteiger partial charge in [-0.2, -0.15) is 0 Å². The minimum Gasteiger partial charge on any atom is -0.545 e. The Kier molecular flexibility index (Phi) is 13.8. The van der Waals surface area contributed by atoms with Gasteiger partial charge in [0.15, 0.2) is 0 Å². The summed E-state index contributed by atoms with van der Waals surface area (Å²) in [4.78, 5) is 21.1. The molecule has 0 heterocycles. The van der Waals surface area contributed by atoms with E-state index in [9.17, 15) is 19.8 Å². The summed E-state index contributed by atoms with van der Waals surface area (Å²) in [7, 11) is 0. The van der Waals surface area contributed by atoms with Crippen LogP contribution >= 0.6 is 0 Å². The van der Waals surface area contributed by atoms with Gasteiger partial charge in [-0.3, -0.25) is 0 Å². The van der Waals surface area contributed by atoms with Crippen LogP contribution in [0.15, 0.2) is 11.1 Å². The molecule has 6 heteroatoms. The molecule has 0 amide bonds. The summed E-state index contributed by atoms with van der Waals surface area (Å²) >= 11 is 0. The Morgan fingerprint density at radius 3 is 1.53 bits per heavy atom. The van der Waals surface area contributed by atoms with Crippen LogP contribution in [-0.2, 0) is 9.59 Å². The van der Waals surface area contributed by atoms with Crippen molar-refractivity contribution in [1.82, 2.24) is 0 Å². The third kappa shape index (κ3) is 6.76. The number of aliphatic carboxylic acids is 2. The number of carboxylic acids is 2. The average Bonchev–Trinajstić information content (AvgIpc) is 1.97. The molecule has 4 nitrogen and oxygen atoms in total. The van der Waals surface area contributed by atoms with E-state index < -0.39 is 11.9 Å². The summed E-state index contributed by atoms with van der Waals surface area (Å²) in [5, 5.41) is 21.1. The Morgan fingerprint density at radius 1 is 1.07 bits per heavy atom. The van der Waals surface area contributed by atoms with E-state index in [1.807, 2.05) is 0 Å². The second-order valence-electron chi connectivity index (χ2n) is 2.98. The third-order valence-corrected chi connectivity index (χ3v) is 1.72. The fourth-order valence-electron chi connectivity index (χ4n) is 1.15. The van der Waals surface area contributed by atoms with Gasteiger partial charge < -0.3 is 19.8 Å². The molecule has 74 valence electrons. The third-order valence-electron chi connectivity index (χ3n) is 1.72. The van der Waals surface area contributed by atoms with E-state index in [1.54, 1.807) is 20.8 Å². The molecule has 0 N–H and O–H groups in total. The number of carbonyl (C=O) groups excluding carboxylic acids is 2. The summed E-state index contributed by atoms with van der Waals surface area (Å²) in [5.74, 6) is -3.25. The van der Waals surface area contributed by atoms with Gasteiger partial charge >= 0.3 is 59.1 Å². The van der Waals surface area contributed by atoms with E-state index in [0.29, 0.717) is 0 Å². The van der Waals surface area contributed by atoms with Crippen molar-refractivity contribution in [3.63, 3.8) is 0 Å². The van der Waals surface area contributed by atoms with Gasteiger partial charge in [0, 0.05) is 0 Å². The van der Waals surface area contributed by atoms with Crippen LogP contribution in [-0.4, -0.2) is 11.9 Å². The van der Waals surface area contributed by atoms with Gasteiger partial charge in [0.05, 0.1) is 11.9 Å². The zero-order valence-electron chi connectivity index (χ0n) is 9.92. The second kappa shape index (κ2) is 9.87. The molecular weight excluding hydrogens is 218 g/mol. The molecule has 15 heavy (non-hydrogen) atoms. The van der Waals surface area contributed by atoms with Gasteiger partial charge in [-0.1, -0.05) is 20.8 Å². The van der Waals surface area contributed by atoms with Crippen molar-refractivity contribution in [2.45, 2.75) is 27.2 Å². The number of carbonyl (C=O) groups is 2. The summed E-state index contributed by atoms with van der Waals surface area (Å²) in [5.41, 5.74) is -0.363. The largest absolute Gasteiger partial charge is 1.00 e. The van der Waals surface area contributed by atoms with E-state index in [-0.39, 0.29) is 82.6 Å². The van der Waals surface area contributed by atoms with Crippen LogP contribution in [0.2, 0.25) is 0 Å². The molecule has 0 bridgehead atoms. The number of hydrogen-bond acceptors (Lipinski definition) is 4. The molecular formula is C9H12Na2O4. The van der Waals surface area contributed by atoms with Crippen molar-refractivity contribution in [3.05, 3.63) is 11.1 Å². The smallest absolute Gasteiger partial charge is 0.545 e. The van der Waals surface area contributed by atoms with Crippen LogP contribution in [0.5, 0.6) is 0 Å². The van der Waals surface area contributed by atoms with Crippen LogP contribution in [0, 0.1) is 5.92 Å². The van der Waals surface area contributed by atoms with Gasteiger partial charge in [-0.25, -0.2) is 0 Å². The Bertz CT molecular complexity index is 259. The van der Waals surface area contributed by atoms with Crippen molar-refractivity contribution in [2.75, 3.05) is 0 Å². The van der Waals surface area contributed by atoms with E-state index >= 15 is 0 Å². The molecule has 0 spiro atoms. The molecule has 0 fully saturated rings. The fourth-order valence-corrected chi connectivity index (χ4v) is 1.15. The summed E-state index contributed by atoms with van der Waals surface area (Å²) in [6, 6.07) is 0. The van der Waals surface area contributed by atoms with E-state index in [2.05, 4.69) is 0 Å². The molecule has 0 saturated carbocycles. The molecule has 0 aliphatic carbocycles. The molecule has 0 atom stereocenters. The van der Waals surface area contributed by atoms with Crippen LogP contribution in [0.25, 0.3) is 0 Å². The Balaban J connectivity index is -0.000000720. The minimum absolute atomic E-state index is 0. The van der Waals surface area contributed by atoms with Gasteiger partial charge in [0.25, 0.3) is 0 Å². The van der Waals surface area contributed by atoms with E-state index in [1.165, 1.54) is 0 Å². The zero-order chi connectivity index (χ0) is 10.6. The predicted octanol–water partition coefficient (Wildman–Crippen LogP) is -7.14. The standard InChI is InChI=1S/C9H14O4.2Na/c1-4-6(8(10)11)7(5(2)3)9(12)13;;/h5H,4H2,1-3H3,(H,10,11)(H,12,13);;/q;2*+1/p-2/b7-6-;;. The molecule has 0 unspecified atom stereocenters.